The molecule has 1 heterocycles. The Labute approximate surface area is 227 Å². The molecule has 1 saturated heterocycles. The molecule has 0 spiro atoms. The van der Waals surface area contributed by atoms with E-state index in [1.165, 1.54) is 69.4 Å². The molecule has 0 radical (unpaired) electrons. The van der Waals surface area contributed by atoms with Gasteiger partial charge in [0.2, 0.25) is 0 Å². The van der Waals surface area contributed by atoms with Crippen LogP contribution < -0.4 is 10.5 Å². The fourth-order valence-corrected chi connectivity index (χ4v) is 4.63. The second-order valence-corrected chi connectivity index (χ2v) is 10.0. The van der Waals surface area contributed by atoms with Crippen LogP contribution in [0.5, 0.6) is 5.75 Å². The van der Waals surface area contributed by atoms with E-state index in [1.54, 1.807) is 36.4 Å². The average Bonchev–Trinajstić information content (AvgIpc) is 3.58. The Bertz CT molecular complexity index is 1240. The lowest BCUT2D eigenvalue weighted by molar-refractivity contribution is -0.112. The van der Waals surface area contributed by atoms with Crippen LogP contribution in [0, 0.1) is 5.82 Å². The molecule has 0 bridgehead atoms. The largest absolute Gasteiger partial charge is 0.489 e. The number of carbonyl (C=O) groups is 1. The Hall–Kier alpha value is -3.42. The first-order valence-electron chi connectivity index (χ1n) is 13.0. The highest BCUT2D eigenvalue weighted by molar-refractivity contribution is 6.44. The van der Waals surface area contributed by atoms with E-state index in [0.29, 0.717) is 11.7 Å². The van der Waals surface area contributed by atoms with Crippen LogP contribution >= 0.6 is 11.6 Å². The summed E-state index contributed by atoms with van der Waals surface area (Å²) < 4.78 is 18.6. The zero-order valence-corrected chi connectivity index (χ0v) is 22.0. The Balaban J connectivity index is 0.000000177. The molecule has 1 aliphatic heterocycles. The standard InChI is InChI=1S/C16H22ClNO.C14H11FN2O2/c17-15-12-13(4-3-11-18-9-1-2-10-18)5-8-16(15)19-14-6-7-14;15-12-7-5-10(6-8-12)9-1-3-11(4-2-9)13(17-19)14(16)18/h5,8,12,14H,1-4,6-7,9-11H2;1-8,19H,(H2,16,18)/b;17-13+. The molecular weight excluding hydrogens is 505 g/mol. The minimum atomic E-state index is -0.808. The molecule has 0 atom stereocenters. The van der Waals surface area contributed by atoms with Crippen LogP contribution in [0.4, 0.5) is 4.39 Å². The molecule has 1 aliphatic carbocycles. The van der Waals surface area contributed by atoms with Gasteiger partial charge in [0.25, 0.3) is 5.91 Å². The molecule has 3 aromatic rings. The van der Waals surface area contributed by atoms with Gasteiger partial charge in [-0.1, -0.05) is 59.2 Å². The molecule has 3 aromatic carbocycles. The zero-order chi connectivity index (χ0) is 26.9. The Kier molecular flexibility index (Phi) is 9.73. The number of nitrogens with zero attached hydrogens (tertiary/aromatic N) is 2. The Morgan fingerprint density at radius 1 is 1.03 bits per heavy atom. The number of aryl methyl sites for hydroxylation is 1. The van der Waals surface area contributed by atoms with Crippen molar-refractivity contribution in [3.8, 4) is 16.9 Å². The van der Waals surface area contributed by atoms with Gasteiger partial charge in [0, 0.05) is 5.56 Å². The maximum atomic E-state index is 12.8. The van der Waals surface area contributed by atoms with Crippen LogP contribution in [0.15, 0.2) is 71.9 Å². The smallest absolute Gasteiger partial charge is 0.271 e. The number of halogens is 2. The molecule has 200 valence electrons. The number of oxime groups is 1. The molecule has 2 aliphatic rings. The topological polar surface area (TPSA) is 88.2 Å². The van der Waals surface area contributed by atoms with Crippen molar-refractivity contribution in [2.24, 2.45) is 10.9 Å². The highest BCUT2D eigenvalue weighted by Gasteiger charge is 2.24. The fourth-order valence-electron chi connectivity index (χ4n) is 4.39. The second kappa shape index (κ2) is 13.4. The number of rotatable bonds is 9. The van der Waals surface area contributed by atoms with Crippen LogP contribution in [-0.4, -0.2) is 47.5 Å². The third kappa shape index (κ3) is 8.04. The first-order valence-corrected chi connectivity index (χ1v) is 13.4. The fraction of sp³-hybridized carbons (Fsp3) is 0.333. The lowest BCUT2D eigenvalue weighted by atomic mass is 10.0. The predicted molar refractivity (Wildman–Crippen MR) is 148 cm³/mol. The van der Waals surface area contributed by atoms with E-state index in [-0.39, 0.29) is 11.5 Å². The lowest BCUT2D eigenvalue weighted by Gasteiger charge is -2.14. The minimum absolute atomic E-state index is 0.203. The quantitative estimate of drug-likeness (QED) is 0.197. The Morgan fingerprint density at radius 2 is 1.66 bits per heavy atom. The van der Waals surface area contributed by atoms with E-state index >= 15 is 0 Å². The number of amides is 1. The first-order chi connectivity index (χ1) is 18.4. The van der Waals surface area contributed by atoms with Gasteiger partial charge in [-0.15, -0.1) is 0 Å². The number of hydrogen-bond acceptors (Lipinski definition) is 5. The summed E-state index contributed by atoms with van der Waals surface area (Å²) in [7, 11) is 0. The first kappa shape index (κ1) is 27.6. The molecule has 1 amide bonds. The molecule has 0 unspecified atom stereocenters. The van der Waals surface area contributed by atoms with Crippen molar-refractivity contribution in [2.45, 2.75) is 44.6 Å². The van der Waals surface area contributed by atoms with Crippen molar-refractivity contribution in [3.63, 3.8) is 0 Å². The molecule has 8 heteroatoms. The monoisotopic (exact) mass is 537 g/mol. The van der Waals surface area contributed by atoms with Gasteiger partial charge in [0.1, 0.15) is 11.6 Å². The molecule has 38 heavy (non-hydrogen) atoms. The molecule has 3 N–H and O–H groups in total. The molecule has 2 fully saturated rings. The summed E-state index contributed by atoms with van der Waals surface area (Å²) in [5.41, 5.74) is 8.31. The van der Waals surface area contributed by atoms with Crippen LogP contribution in [0.25, 0.3) is 11.1 Å². The van der Waals surface area contributed by atoms with E-state index < -0.39 is 5.91 Å². The normalized spacial score (nSPS) is 15.6. The van der Waals surface area contributed by atoms with E-state index in [0.717, 1.165) is 28.3 Å². The maximum absolute atomic E-state index is 12.8. The summed E-state index contributed by atoms with van der Waals surface area (Å²) in [6, 6.07) is 19.0. The van der Waals surface area contributed by atoms with Crippen LogP contribution in [0.2, 0.25) is 5.02 Å². The van der Waals surface area contributed by atoms with Gasteiger partial charge in [0.05, 0.1) is 11.1 Å². The van der Waals surface area contributed by atoms with Gasteiger partial charge >= 0.3 is 0 Å². The summed E-state index contributed by atoms with van der Waals surface area (Å²) in [6.07, 6.45) is 7.84. The molecular formula is C30H33ClFN3O3. The number of ether oxygens (including phenoxy) is 1. The van der Waals surface area contributed by atoms with Crippen molar-refractivity contribution >= 4 is 23.2 Å². The summed E-state index contributed by atoms with van der Waals surface area (Å²) >= 11 is 6.27. The van der Waals surface area contributed by atoms with Crippen molar-refractivity contribution in [1.82, 2.24) is 4.90 Å². The van der Waals surface area contributed by atoms with Gasteiger partial charge in [-0.25, -0.2) is 4.39 Å². The number of benzene rings is 3. The minimum Gasteiger partial charge on any atom is -0.489 e. The highest BCUT2D eigenvalue weighted by atomic mass is 35.5. The summed E-state index contributed by atoms with van der Waals surface area (Å²) in [6.45, 7) is 3.79. The number of nitrogens with two attached hydrogens (primary N) is 1. The Morgan fingerprint density at radius 3 is 2.21 bits per heavy atom. The predicted octanol–water partition coefficient (Wildman–Crippen LogP) is 6.07. The summed E-state index contributed by atoms with van der Waals surface area (Å²) in [4.78, 5) is 13.6. The average molecular weight is 538 g/mol. The molecule has 0 aromatic heterocycles. The van der Waals surface area contributed by atoms with Crippen molar-refractivity contribution in [3.05, 3.63) is 88.7 Å². The van der Waals surface area contributed by atoms with Crippen molar-refractivity contribution < 1.29 is 19.1 Å². The third-order valence-corrected chi connectivity index (χ3v) is 6.92. The van der Waals surface area contributed by atoms with Crippen LogP contribution in [0.3, 0.4) is 0 Å². The highest BCUT2D eigenvalue weighted by Crippen LogP contribution is 2.32. The van der Waals surface area contributed by atoms with E-state index in [1.807, 2.05) is 6.07 Å². The van der Waals surface area contributed by atoms with Gasteiger partial charge in [-0.05, 0) is 99.1 Å². The number of primary amides is 1. The zero-order valence-electron chi connectivity index (χ0n) is 21.3. The van der Waals surface area contributed by atoms with Crippen molar-refractivity contribution in [2.75, 3.05) is 19.6 Å². The van der Waals surface area contributed by atoms with Crippen molar-refractivity contribution in [1.29, 1.82) is 0 Å². The lowest BCUT2D eigenvalue weighted by Crippen LogP contribution is -2.24. The van der Waals surface area contributed by atoms with Gasteiger partial charge in [0.15, 0.2) is 5.71 Å². The molecule has 6 nitrogen and oxygen atoms in total. The summed E-state index contributed by atoms with van der Waals surface area (Å²) in [5.74, 6) is -0.256. The van der Waals surface area contributed by atoms with Gasteiger partial charge in [-0.2, -0.15) is 0 Å². The van der Waals surface area contributed by atoms with E-state index in [4.69, 9.17) is 27.3 Å². The second-order valence-electron chi connectivity index (χ2n) is 9.63. The number of likely N-dealkylation sites (tertiary alicyclic amines) is 1. The van der Waals surface area contributed by atoms with Crippen LogP contribution in [0.1, 0.15) is 43.2 Å². The number of carbonyl (C=O) groups excluding carboxylic acids is 1. The van der Waals surface area contributed by atoms with Crippen LogP contribution in [-0.2, 0) is 11.2 Å². The summed E-state index contributed by atoms with van der Waals surface area (Å²) in [5, 5.41) is 12.3. The SMILES string of the molecule is Clc1cc(CCCN2CCCC2)ccc1OC1CC1.NC(=O)/C(=N/O)c1ccc(-c2ccc(F)cc2)cc1. The third-order valence-electron chi connectivity index (χ3n) is 6.62. The van der Waals surface area contributed by atoms with E-state index in [9.17, 15) is 9.18 Å². The van der Waals surface area contributed by atoms with Gasteiger partial charge < -0.3 is 20.6 Å². The molecule has 1 saturated carbocycles. The van der Waals surface area contributed by atoms with Gasteiger partial charge in [-0.3, -0.25) is 4.79 Å². The van der Waals surface area contributed by atoms with E-state index in [2.05, 4.69) is 22.2 Å². The molecule has 5 rings (SSSR count). The maximum Gasteiger partial charge on any atom is 0.271 e. The number of hydrogen-bond donors (Lipinski definition) is 2.